The van der Waals surface area contributed by atoms with Gasteiger partial charge in [0, 0.05) is 53.9 Å². The summed E-state index contributed by atoms with van der Waals surface area (Å²) in [6.45, 7) is 0.820. The van der Waals surface area contributed by atoms with E-state index >= 15 is 0 Å². The lowest BCUT2D eigenvalue weighted by atomic mass is 10.1. The molecule has 0 bridgehead atoms. The predicted molar refractivity (Wildman–Crippen MR) is 130 cm³/mol. The van der Waals surface area contributed by atoms with Crippen LogP contribution in [-0.4, -0.2) is 39.1 Å². The number of nitrogens with zero attached hydrogens (tertiary/aromatic N) is 4. The molecule has 0 unspecified atom stereocenters. The summed E-state index contributed by atoms with van der Waals surface area (Å²) in [4.78, 5) is 13.8. The molecule has 176 valence electrons. The fourth-order valence-corrected chi connectivity index (χ4v) is 4.10. The van der Waals surface area contributed by atoms with Crippen molar-refractivity contribution in [2.24, 2.45) is 0 Å². The van der Waals surface area contributed by atoms with Crippen LogP contribution in [0.4, 0.5) is 8.78 Å². The van der Waals surface area contributed by atoms with E-state index < -0.39 is 6.61 Å². The highest BCUT2D eigenvalue weighted by molar-refractivity contribution is 5.85. The molecule has 0 fully saturated rings. The molecule has 0 atom stereocenters. The Labute approximate surface area is 202 Å². The van der Waals surface area contributed by atoms with Crippen molar-refractivity contribution in [3.05, 3.63) is 83.8 Å². The van der Waals surface area contributed by atoms with E-state index in [-0.39, 0.29) is 18.2 Å². The minimum atomic E-state index is -2.87. The first-order valence-electron chi connectivity index (χ1n) is 10.8. The number of ether oxygens (including phenoxy) is 1. The second-order valence-corrected chi connectivity index (χ2v) is 7.93. The van der Waals surface area contributed by atoms with Crippen LogP contribution in [0, 0.1) is 6.92 Å². The summed E-state index contributed by atoms with van der Waals surface area (Å²) in [5.41, 5.74) is 6.22. The number of aryl methyl sites for hydroxylation is 1. The molecule has 0 radical (unpaired) electrons. The Balaban J connectivity index is 0.00000274. The number of hydrogen-bond acceptors (Lipinski definition) is 5. The first-order chi connectivity index (χ1) is 16.1. The molecule has 0 aliphatic carbocycles. The van der Waals surface area contributed by atoms with E-state index in [1.807, 2.05) is 48.1 Å². The Morgan fingerprint density at radius 2 is 1.88 bits per heavy atom. The number of para-hydroxylation sites is 1. The molecule has 3 aromatic heterocycles. The van der Waals surface area contributed by atoms with E-state index in [0.29, 0.717) is 12.0 Å². The highest BCUT2D eigenvalue weighted by atomic mass is 35.5. The van der Waals surface area contributed by atoms with Crippen molar-refractivity contribution < 1.29 is 13.5 Å². The predicted octanol–water partition coefficient (Wildman–Crippen LogP) is 5.09. The van der Waals surface area contributed by atoms with Gasteiger partial charge in [-0.3, -0.25) is 0 Å². The zero-order valence-electron chi connectivity index (χ0n) is 18.5. The van der Waals surface area contributed by atoms with Gasteiger partial charge in [-0.2, -0.15) is 8.78 Å². The maximum atomic E-state index is 12.8. The Bertz CT molecular complexity index is 1320. The van der Waals surface area contributed by atoms with Crippen LogP contribution in [0.2, 0.25) is 0 Å². The highest BCUT2D eigenvalue weighted by Crippen LogP contribution is 2.27. The molecule has 0 spiro atoms. The third-order valence-electron chi connectivity index (χ3n) is 5.80. The number of imidazole rings is 1. The van der Waals surface area contributed by atoms with Crippen molar-refractivity contribution in [1.82, 2.24) is 24.7 Å². The molecular weight excluding hydrogens is 460 g/mol. The number of aromatic nitrogens is 4. The summed E-state index contributed by atoms with van der Waals surface area (Å²) in [5.74, 6) is 0.936. The van der Waals surface area contributed by atoms with Gasteiger partial charge in [-0.25, -0.2) is 15.0 Å². The van der Waals surface area contributed by atoms with Gasteiger partial charge >= 0.3 is 6.61 Å². The average Bonchev–Trinajstić information content (AvgIpc) is 3.15. The molecule has 1 aromatic carbocycles. The highest BCUT2D eigenvalue weighted by Gasteiger charge is 2.15. The van der Waals surface area contributed by atoms with Gasteiger partial charge in [-0.15, -0.1) is 12.4 Å². The van der Waals surface area contributed by atoms with Gasteiger partial charge in [0.05, 0.1) is 5.69 Å². The van der Waals surface area contributed by atoms with E-state index in [1.165, 1.54) is 0 Å². The lowest BCUT2D eigenvalue weighted by Gasteiger charge is -2.13. The Morgan fingerprint density at radius 3 is 2.62 bits per heavy atom. The molecule has 4 aromatic rings. The molecule has 0 saturated heterocycles. The molecule has 1 N–H and O–H groups in total. The molecule has 1 aliphatic heterocycles. The van der Waals surface area contributed by atoms with Gasteiger partial charge in [0.25, 0.3) is 0 Å². The summed E-state index contributed by atoms with van der Waals surface area (Å²) in [5, 5.41) is 3.29. The van der Waals surface area contributed by atoms with Crippen LogP contribution in [0.3, 0.4) is 0 Å². The van der Waals surface area contributed by atoms with Gasteiger partial charge in [0.15, 0.2) is 5.82 Å². The molecule has 5 rings (SSSR count). The number of benzene rings is 1. The minimum absolute atomic E-state index is 0. The standard InChI is InChI=1S/C25H23F2N5O.ClH/c1-16-21(12-18-4-2-3-5-22(18)33-25(26)27)32-15-19(6-7-23(32)31-16)20-13-29-24(30-14-20)17-8-10-28-11-9-17;/h2-8,13-15,25,28H,9-12H2,1H3;1H. The van der Waals surface area contributed by atoms with Crippen LogP contribution in [0.1, 0.15) is 29.2 Å². The SMILES string of the molecule is Cc1nc2ccc(-c3cnc(C4=CCNCC4)nc3)cn2c1Cc1ccccc1OC(F)F.Cl. The van der Waals surface area contributed by atoms with Gasteiger partial charge in [-0.05, 0) is 43.7 Å². The molecule has 6 nitrogen and oxygen atoms in total. The van der Waals surface area contributed by atoms with E-state index in [0.717, 1.165) is 59.1 Å². The number of rotatable bonds is 6. The zero-order valence-corrected chi connectivity index (χ0v) is 19.4. The fraction of sp³-hybridized carbons (Fsp3) is 0.240. The van der Waals surface area contributed by atoms with E-state index in [1.54, 1.807) is 18.2 Å². The first kappa shape index (κ1) is 23.8. The smallest absolute Gasteiger partial charge is 0.387 e. The van der Waals surface area contributed by atoms with Gasteiger partial charge in [0.1, 0.15) is 11.4 Å². The molecular formula is C25H24ClF2N5O. The summed E-state index contributed by atoms with van der Waals surface area (Å²) in [6.07, 6.45) is 9.12. The fourth-order valence-electron chi connectivity index (χ4n) is 4.10. The Morgan fingerprint density at radius 1 is 1.09 bits per heavy atom. The van der Waals surface area contributed by atoms with Crippen LogP contribution >= 0.6 is 12.4 Å². The quantitative estimate of drug-likeness (QED) is 0.414. The maximum absolute atomic E-state index is 12.8. The van der Waals surface area contributed by atoms with Crippen LogP contribution in [-0.2, 0) is 6.42 Å². The molecule has 0 saturated carbocycles. The second kappa shape index (κ2) is 10.3. The van der Waals surface area contributed by atoms with Crippen molar-refractivity contribution >= 4 is 23.6 Å². The van der Waals surface area contributed by atoms with Crippen molar-refractivity contribution in [1.29, 1.82) is 0 Å². The summed E-state index contributed by atoms with van der Waals surface area (Å²) < 4.78 is 32.4. The van der Waals surface area contributed by atoms with Crippen molar-refractivity contribution in [2.75, 3.05) is 13.1 Å². The number of pyridine rings is 1. The number of fused-ring (bicyclic) bond motifs is 1. The summed E-state index contributed by atoms with van der Waals surface area (Å²) >= 11 is 0. The first-order valence-corrected chi connectivity index (χ1v) is 10.8. The third kappa shape index (κ3) is 4.93. The zero-order chi connectivity index (χ0) is 22.8. The van der Waals surface area contributed by atoms with Gasteiger partial charge < -0.3 is 14.5 Å². The number of halogens is 3. The number of hydrogen-bond donors (Lipinski definition) is 1. The van der Waals surface area contributed by atoms with Crippen molar-refractivity contribution in [3.8, 4) is 16.9 Å². The Kier molecular flexibility index (Phi) is 7.19. The van der Waals surface area contributed by atoms with E-state index in [2.05, 4.69) is 26.3 Å². The summed E-state index contributed by atoms with van der Waals surface area (Å²) in [6, 6.07) is 10.8. The van der Waals surface area contributed by atoms with Crippen LogP contribution in [0.25, 0.3) is 22.3 Å². The monoisotopic (exact) mass is 483 g/mol. The maximum Gasteiger partial charge on any atom is 0.387 e. The number of nitrogens with one attached hydrogen (secondary N) is 1. The molecule has 1 aliphatic rings. The van der Waals surface area contributed by atoms with Crippen LogP contribution < -0.4 is 10.1 Å². The molecule has 0 amide bonds. The second-order valence-electron chi connectivity index (χ2n) is 7.93. The van der Waals surface area contributed by atoms with Crippen molar-refractivity contribution in [3.63, 3.8) is 0 Å². The largest absolute Gasteiger partial charge is 0.435 e. The molecule has 9 heteroatoms. The summed E-state index contributed by atoms with van der Waals surface area (Å²) in [7, 11) is 0. The normalized spacial score (nSPS) is 13.6. The van der Waals surface area contributed by atoms with Crippen LogP contribution in [0.5, 0.6) is 5.75 Å². The lowest BCUT2D eigenvalue weighted by molar-refractivity contribution is -0.0503. The van der Waals surface area contributed by atoms with E-state index in [4.69, 9.17) is 4.74 Å². The number of alkyl halides is 2. The lowest BCUT2D eigenvalue weighted by Crippen LogP contribution is -2.20. The topological polar surface area (TPSA) is 64.3 Å². The van der Waals surface area contributed by atoms with Crippen molar-refractivity contribution in [2.45, 2.75) is 26.4 Å². The molecule has 4 heterocycles. The van der Waals surface area contributed by atoms with Gasteiger partial charge in [0.2, 0.25) is 0 Å². The Hall–Kier alpha value is -3.36. The third-order valence-corrected chi connectivity index (χ3v) is 5.80. The average molecular weight is 484 g/mol. The minimum Gasteiger partial charge on any atom is -0.435 e. The van der Waals surface area contributed by atoms with Crippen LogP contribution in [0.15, 0.2) is 61.1 Å². The van der Waals surface area contributed by atoms with Gasteiger partial charge in [-0.1, -0.05) is 24.3 Å². The molecule has 34 heavy (non-hydrogen) atoms. The van der Waals surface area contributed by atoms with E-state index in [9.17, 15) is 8.78 Å².